The Labute approximate surface area is 481 Å². The van der Waals surface area contributed by atoms with Crippen LogP contribution in [0.2, 0.25) is 0 Å². The number of allylic oxidation sites excluding steroid dienone is 3. The Kier molecular flexibility index (Phi) is 65.4. The summed E-state index contributed by atoms with van der Waals surface area (Å²) in [5.74, 6) is -0.0471. The maximum absolute atomic E-state index is 12.5. The second-order valence-electron chi connectivity index (χ2n) is 24.2. The van der Waals surface area contributed by atoms with Gasteiger partial charge in [-0.15, -0.1) is 0 Å². The van der Waals surface area contributed by atoms with Gasteiger partial charge >= 0.3 is 5.97 Å². The second-order valence-corrected chi connectivity index (χ2v) is 24.2. The molecule has 6 nitrogen and oxygen atoms in total. The molecule has 456 valence electrons. The van der Waals surface area contributed by atoms with Crippen molar-refractivity contribution in [2.24, 2.45) is 0 Å². The van der Waals surface area contributed by atoms with Crippen molar-refractivity contribution in [3.63, 3.8) is 0 Å². The molecule has 1 amide bonds. The number of rotatable bonds is 66. The molecular weight excluding hydrogens is 947 g/mol. The van der Waals surface area contributed by atoms with E-state index in [1.165, 1.54) is 327 Å². The zero-order valence-corrected chi connectivity index (χ0v) is 52.2. The molecule has 0 spiro atoms. The van der Waals surface area contributed by atoms with Gasteiger partial charge in [0.15, 0.2) is 0 Å². The maximum atomic E-state index is 12.5. The lowest BCUT2D eigenvalue weighted by molar-refractivity contribution is -0.143. The molecule has 0 radical (unpaired) electrons. The summed E-state index contributed by atoms with van der Waals surface area (Å²) in [6.45, 7) is 4.93. The zero-order valence-electron chi connectivity index (χ0n) is 52.2. The highest BCUT2D eigenvalue weighted by atomic mass is 16.5. The van der Waals surface area contributed by atoms with E-state index in [9.17, 15) is 19.8 Å². The van der Waals surface area contributed by atoms with Crippen LogP contribution in [0, 0.1) is 0 Å². The van der Waals surface area contributed by atoms with E-state index in [2.05, 4.69) is 31.3 Å². The monoisotopic (exact) mass is 1080 g/mol. The Morgan fingerprint density at radius 3 is 0.922 bits per heavy atom. The summed E-state index contributed by atoms with van der Waals surface area (Å²) in [5, 5.41) is 23.2. The molecule has 0 saturated carbocycles. The number of ether oxygens (including phenoxy) is 1. The van der Waals surface area contributed by atoms with Crippen molar-refractivity contribution in [3.05, 3.63) is 24.3 Å². The van der Waals surface area contributed by atoms with Crippen molar-refractivity contribution < 1.29 is 24.5 Å². The molecule has 0 rings (SSSR count). The van der Waals surface area contributed by atoms with Crippen molar-refractivity contribution in [2.45, 2.75) is 405 Å². The van der Waals surface area contributed by atoms with Gasteiger partial charge in [-0.1, -0.05) is 346 Å². The largest absolute Gasteiger partial charge is 0.466 e. The minimum absolute atomic E-state index is 0.0163. The molecule has 77 heavy (non-hydrogen) atoms. The van der Waals surface area contributed by atoms with Crippen LogP contribution in [0.15, 0.2) is 24.3 Å². The van der Waals surface area contributed by atoms with Gasteiger partial charge in [-0.2, -0.15) is 0 Å². The minimum Gasteiger partial charge on any atom is -0.466 e. The number of carbonyl (C=O) groups is 2. The quantitative estimate of drug-likeness (QED) is 0.0320. The molecule has 0 fully saturated rings. The van der Waals surface area contributed by atoms with E-state index >= 15 is 0 Å². The Morgan fingerprint density at radius 1 is 0.351 bits per heavy atom. The van der Waals surface area contributed by atoms with Crippen molar-refractivity contribution >= 4 is 11.9 Å². The first-order valence-electron chi connectivity index (χ1n) is 35.1. The Hall–Kier alpha value is -1.66. The van der Waals surface area contributed by atoms with Crippen LogP contribution >= 0.6 is 0 Å². The van der Waals surface area contributed by atoms with E-state index in [0.29, 0.717) is 19.4 Å². The molecule has 0 aliphatic rings. The number of amides is 1. The number of aliphatic hydroxyl groups excluding tert-OH is 2. The number of unbranched alkanes of at least 4 members (excludes halogenated alkanes) is 53. The lowest BCUT2D eigenvalue weighted by Gasteiger charge is -2.20. The third kappa shape index (κ3) is 63.4. The van der Waals surface area contributed by atoms with E-state index < -0.39 is 12.1 Å². The van der Waals surface area contributed by atoms with Gasteiger partial charge in [0.1, 0.15) is 0 Å². The molecule has 0 heterocycles. The summed E-state index contributed by atoms with van der Waals surface area (Å²) >= 11 is 0. The van der Waals surface area contributed by atoms with Crippen LogP contribution in [0.4, 0.5) is 0 Å². The molecule has 3 N–H and O–H groups in total. The predicted molar refractivity (Wildman–Crippen MR) is 338 cm³/mol. The second kappa shape index (κ2) is 66.8. The van der Waals surface area contributed by atoms with Crippen molar-refractivity contribution in [2.75, 3.05) is 13.2 Å². The summed E-state index contributed by atoms with van der Waals surface area (Å²) in [5.41, 5.74) is 0. The third-order valence-electron chi connectivity index (χ3n) is 16.5. The molecule has 2 unspecified atom stereocenters. The summed E-state index contributed by atoms with van der Waals surface area (Å²) in [7, 11) is 0. The molecule has 0 aromatic heterocycles. The fraction of sp³-hybridized carbons (Fsp3) is 0.915. The normalized spacial score (nSPS) is 12.6. The predicted octanol–water partition coefficient (Wildman–Crippen LogP) is 22.5. The van der Waals surface area contributed by atoms with Gasteiger partial charge < -0.3 is 20.3 Å². The fourth-order valence-electron chi connectivity index (χ4n) is 11.1. The van der Waals surface area contributed by atoms with Crippen LogP contribution in [0.25, 0.3) is 0 Å². The van der Waals surface area contributed by atoms with E-state index in [-0.39, 0.29) is 18.5 Å². The average molecular weight is 1080 g/mol. The first kappa shape index (κ1) is 75.3. The van der Waals surface area contributed by atoms with Crippen LogP contribution in [-0.4, -0.2) is 47.4 Å². The van der Waals surface area contributed by atoms with E-state index in [4.69, 9.17) is 4.74 Å². The molecule has 0 bridgehead atoms. The topological polar surface area (TPSA) is 95.9 Å². The van der Waals surface area contributed by atoms with Crippen LogP contribution in [0.1, 0.15) is 393 Å². The number of nitrogens with one attached hydrogen (secondary N) is 1. The molecule has 0 aromatic carbocycles. The van der Waals surface area contributed by atoms with Gasteiger partial charge in [0.05, 0.1) is 25.4 Å². The molecular formula is C71H137NO5. The smallest absolute Gasteiger partial charge is 0.305 e. The van der Waals surface area contributed by atoms with Gasteiger partial charge in [-0.3, -0.25) is 9.59 Å². The van der Waals surface area contributed by atoms with Gasteiger partial charge in [-0.25, -0.2) is 0 Å². The first-order valence-corrected chi connectivity index (χ1v) is 35.1. The summed E-state index contributed by atoms with van der Waals surface area (Å²) in [4.78, 5) is 24.6. The highest BCUT2D eigenvalue weighted by Crippen LogP contribution is 2.19. The Balaban J connectivity index is 3.36. The number of esters is 1. The zero-order chi connectivity index (χ0) is 55.7. The number of hydrogen-bond acceptors (Lipinski definition) is 5. The Bertz CT molecular complexity index is 1200. The summed E-state index contributed by atoms with van der Waals surface area (Å²) in [6, 6.07) is -0.626. The van der Waals surface area contributed by atoms with Gasteiger partial charge in [0.2, 0.25) is 5.91 Å². The molecule has 6 heteroatoms. The van der Waals surface area contributed by atoms with Gasteiger partial charge in [0, 0.05) is 12.8 Å². The standard InChI is InChI=1S/C71H137NO5/c1-3-5-7-9-11-13-15-17-19-21-29-33-37-41-45-49-53-57-61-65-71(76)77-66-62-58-54-50-46-42-38-34-31-28-26-24-22-23-25-27-30-32-36-40-44-48-52-56-60-64-70(75)72-68(67-73)69(74)63-59-55-51-47-43-39-35-20-18-16-14-12-10-8-6-4-2/h17,19,59,63,68-69,73-74H,3-16,18,20-58,60-62,64-67H2,1-2H3,(H,72,75)/b19-17-,63-59+. The van der Waals surface area contributed by atoms with Crippen molar-refractivity contribution in [1.29, 1.82) is 0 Å². The van der Waals surface area contributed by atoms with E-state index in [0.717, 1.165) is 38.5 Å². The molecule has 0 saturated heterocycles. The van der Waals surface area contributed by atoms with Crippen LogP contribution in [-0.2, 0) is 14.3 Å². The molecule has 2 atom stereocenters. The van der Waals surface area contributed by atoms with Crippen molar-refractivity contribution in [1.82, 2.24) is 5.32 Å². The van der Waals surface area contributed by atoms with E-state index in [1.807, 2.05) is 6.08 Å². The first-order chi connectivity index (χ1) is 38.0. The van der Waals surface area contributed by atoms with Gasteiger partial charge in [-0.05, 0) is 57.8 Å². The highest BCUT2D eigenvalue weighted by Gasteiger charge is 2.18. The van der Waals surface area contributed by atoms with Crippen LogP contribution in [0.3, 0.4) is 0 Å². The number of carbonyl (C=O) groups excluding carboxylic acids is 2. The minimum atomic E-state index is -0.843. The number of aliphatic hydroxyl groups is 2. The molecule has 0 aliphatic carbocycles. The lowest BCUT2D eigenvalue weighted by atomic mass is 10.0. The number of hydrogen-bond donors (Lipinski definition) is 3. The Morgan fingerprint density at radius 2 is 0.610 bits per heavy atom. The van der Waals surface area contributed by atoms with Crippen LogP contribution in [0.5, 0.6) is 0 Å². The summed E-state index contributed by atoms with van der Waals surface area (Å²) in [6.07, 6.45) is 83.9. The lowest BCUT2D eigenvalue weighted by Crippen LogP contribution is -2.45. The summed E-state index contributed by atoms with van der Waals surface area (Å²) < 4.78 is 5.51. The molecule has 0 aliphatic heterocycles. The van der Waals surface area contributed by atoms with Gasteiger partial charge in [0.25, 0.3) is 0 Å². The van der Waals surface area contributed by atoms with Crippen LogP contribution < -0.4 is 5.32 Å². The molecule has 0 aromatic rings. The maximum Gasteiger partial charge on any atom is 0.305 e. The van der Waals surface area contributed by atoms with Crippen molar-refractivity contribution in [3.8, 4) is 0 Å². The third-order valence-corrected chi connectivity index (χ3v) is 16.5. The van der Waals surface area contributed by atoms with E-state index in [1.54, 1.807) is 6.08 Å². The average Bonchev–Trinajstić information content (AvgIpc) is 3.43. The fourth-order valence-corrected chi connectivity index (χ4v) is 11.1. The SMILES string of the molecule is CCCCCCCC/C=C\CCCCCCCCCCCC(=O)OCCCCCCCCCCCCCCCCCCCCCCCCCCCC(=O)NC(CO)C(O)/C=C/CCCCCCCCCCCCCCCC. The highest BCUT2D eigenvalue weighted by molar-refractivity contribution is 5.76.